The molecule has 0 spiro atoms. The van der Waals surface area contributed by atoms with Gasteiger partial charge in [-0.05, 0) is 25.0 Å². The van der Waals surface area contributed by atoms with Gasteiger partial charge in [-0.3, -0.25) is 4.40 Å². The first-order chi connectivity index (χ1) is 8.58. The number of aromatic nitrogens is 2. The first-order valence-electron chi connectivity index (χ1n) is 6.03. The van der Waals surface area contributed by atoms with Crippen LogP contribution in [-0.2, 0) is 9.84 Å². The summed E-state index contributed by atoms with van der Waals surface area (Å²) in [5.74, 6) is 0.834. The number of nitrogens with zero attached hydrogens (tertiary/aromatic N) is 2. The fourth-order valence-electron chi connectivity index (χ4n) is 2.49. The molecule has 1 saturated heterocycles. The Morgan fingerprint density at radius 1 is 1.33 bits per heavy atom. The summed E-state index contributed by atoms with van der Waals surface area (Å²) in [7, 11) is -3.05. The number of hydrogen-bond acceptors (Lipinski definition) is 4. The van der Waals surface area contributed by atoms with Gasteiger partial charge >= 0.3 is 0 Å². The Hall–Kier alpha value is -1.56. The Morgan fingerprint density at radius 3 is 2.89 bits per heavy atom. The van der Waals surface area contributed by atoms with Crippen molar-refractivity contribution >= 4 is 21.3 Å². The Morgan fingerprint density at radius 2 is 2.17 bits per heavy atom. The first-order valence-corrected chi connectivity index (χ1v) is 7.74. The summed E-state index contributed by atoms with van der Waals surface area (Å²) in [6, 6.07) is 5.42. The molecule has 1 fully saturated rings. The van der Waals surface area contributed by atoms with Gasteiger partial charge in [0.05, 0.1) is 11.4 Å². The minimum absolute atomic E-state index is 0.265. The summed E-state index contributed by atoms with van der Waals surface area (Å²) in [5.41, 5.74) is 7.16. The van der Waals surface area contributed by atoms with E-state index in [9.17, 15) is 8.42 Å². The number of sulfone groups is 1. The van der Waals surface area contributed by atoms with Gasteiger partial charge in [0.1, 0.15) is 16.7 Å². The van der Waals surface area contributed by atoms with Crippen molar-refractivity contribution in [2.75, 3.05) is 11.5 Å². The van der Waals surface area contributed by atoms with Gasteiger partial charge < -0.3 is 5.73 Å². The van der Waals surface area contributed by atoms with Crippen molar-refractivity contribution in [1.82, 2.24) is 9.38 Å². The monoisotopic (exact) mass is 265 g/mol. The highest BCUT2D eigenvalue weighted by atomic mass is 32.2. The molecule has 2 N–H and O–H groups in total. The van der Waals surface area contributed by atoms with Gasteiger partial charge in [-0.1, -0.05) is 12.5 Å². The SMILES string of the molecule is Nc1cccc2nc(C3CCCCS3(=O)=O)cn12. The molecule has 5 nitrogen and oxygen atoms in total. The lowest BCUT2D eigenvalue weighted by molar-refractivity contribution is 0.543. The van der Waals surface area contributed by atoms with E-state index in [0.717, 1.165) is 12.8 Å². The maximum Gasteiger partial charge on any atom is 0.158 e. The van der Waals surface area contributed by atoms with Crippen molar-refractivity contribution in [3.8, 4) is 0 Å². The van der Waals surface area contributed by atoms with Crippen LogP contribution in [0.5, 0.6) is 0 Å². The number of fused-ring (bicyclic) bond motifs is 1. The number of rotatable bonds is 1. The maximum atomic E-state index is 12.1. The van der Waals surface area contributed by atoms with Crippen LogP contribution in [0, 0.1) is 0 Å². The molecule has 2 aromatic heterocycles. The van der Waals surface area contributed by atoms with E-state index in [2.05, 4.69) is 4.98 Å². The third-order valence-electron chi connectivity index (χ3n) is 3.45. The third-order valence-corrected chi connectivity index (χ3v) is 5.65. The summed E-state index contributed by atoms with van der Waals surface area (Å²) in [6.07, 6.45) is 4.10. The normalized spacial score (nSPS) is 23.2. The van der Waals surface area contributed by atoms with Gasteiger partial charge in [0.25, 0.3) is 0 Å². The van der Waals surface area contributed by atoms with Crippen LogP contribution in [0.4, 0.5) is 5.82 Å². The van der Waals surface area contributed by atoms with E-state index in [-0.39, 0.29) is 5.75 Å². The van der Waals surface area contributed by atoms with E-state index < -0.39 is 15.1 Å². The minimum atomic E-state index is -3.05. The van der Waals surface area contributed by atoms with E-state index in [1.807, 2.05) is 12.1 Å². The topological polar surface area (TPSA) is 77.5 Å². The van der Waals surface area contributed by atoms with Crippen LogP contribution in [-0.4, -0.2) is 23.6 Å². The lowest BCUT2D eigenvalue weighted by Gasteiger charge is -2.20. The van der Waals surface area contributed by atoms with E-state index >= 15 is 0 Å². The second-order valence-corrected chi connectivity index (χ2v) is 7.00. The fraction of sp³-hybridized carbons (Fsp3) is 0.417. The highest BCUT2D eigenvalue weighted by molar-refractivity contribution is 7.91. The van der Waals surface area contributed by atoms with Gasteiger partial charge in [-0.15, -0.1) is 0 Å². The summed E-state index contributed by atoms with van der Waals surface area (Å²) in [4.78, 5) is 4.40. The summed E-state index contributed by atoms with van der Waals surface area (Å²) in [5, 5.41) is -0.467. The van der Waals surface area contributed by atoms with Crippen LogP contribution < -0.4 is 5.73 Å². The van der Waals surface area contributed by atoms with Crippen LogP contribution in [0.15, 0.2) is 24.4 Å². The van der Waals surface area contributed by atoms with Crippen molar-refractivity contribution in [3.05, 3.63) is 30.1 Å². The zero-order valence-electron chi connectivity index (χ0n) is 9.91. The molecule has 96 valence electrons. The molecule has 6 heteroatoms. The number of anilines is 1. The molecule has 0 radical (unpaired) electrons. The molecule has 1 unspecified atom stereocenters. The summed E-state index contributed by atoms with van der Waals surface area (Å²) >= 11 is 0. The van der Waals surface area contributed by atoms with Crippen LogP contribution in [0.2, 0.25) is 0 Å². The van der Waals surface area contributed by atoms with Crippen LogP contribution in [0.1, 0.15) is 30.2 Å². The average molecular weight is 265 g/mol. The molecule has 0 aliphatic carbocycles. The van der Waals surface area contributed by atoms with E-state index in [0.29, 0.717) is 23.6 Å². The second kappa shape index (κ2) is 3.98. The van der Waals surface area contributed by atoms with E-state index in [1.165, 1.54) is 0 Å². The quantitative estimate of drug-likeness (QED) is 0.848. The van der Waals surface area contributed by atoms with Gasteiger partial charge in [-0.25, -0.2) is 13.4 Å². The molecule has 1 aliphatic heterocycles. The minimum Gasteiger partial charge on any atom is -0.385 e. The molecule has 0 saturated carbocycles. The largest absolute Gasteiger partial charge is 0.385 e. The number of hydrogen-bond donors (Lipinski definition) is 1. The Kier molecular flexibility index (Phi) is 2.55. The predicted octanol–water partition coefficient (Wildman–Crippen LogP) is 1.56. The van der Waals surface area contributed by atoms with Gasteiger partial charge in [0.2, 0.25) is 0 Å². The van der Waals surface area contributed by atoms with E-state index in [1.54, 1.807) is 16.7 Å². The van der Waals surface area contributed by atoms with Gasteiger partial charge in [-0.2, -0.15) is 0 Å². The molecule has 18 heavy (non-hydrogen) atoms. The second-order valence-electron chi connectivity index (χ2n) is 4.70. The van der Waals surface area contributed by atoms with Crippen molar-refractivity contribution in [1.29, 1.82) is 0 Å². The molecule has 3 heterocycles. The molecule has 1 atom stereocenters. The van der Waals surface area contributed by atoms with Crippen molar-refractivity contribution < 1.29 is 8.42 Å². The van der Waals surface area contributed by atoms with Crippen LogP contribution in [0.3, 0.4) is 0 Å². The van der Waals surface area contributed by atoms with E-state index in [4.69, 9.17) is 5.73 Å². The number of imidazole rings is 1. The standard InChI is InChI=1S/C12H15N3O2S/c13-11-5-3-6-12-14-9(8-15(11)12)10-4-1-2-7-18(10,16)17/h3,5-6,8,10H,1-2,4,7,13H2. The fourth-order valence-corrected chi connectivity index (χ4v) is 4.39. The highest BCUT2D eigenvalue weighted by Gasteiger charge is 2.32. The predicted molar refractivity (Wildman–Crippen MR) is 70.0 cm³/mol. The number of nitrogens with two attached hydrogens (primary N) is 1. The van der Waals surface area contributed by atoms with Crippen molar-refractivity contribution in [2.45, 2.75) is 24.5 Å². The molecular formula is C12H15N3O2S. The smallest absolute Gasteiger partial charge is 0.158 e. The summed E-state index contributed by atoms with van der Waals surface area (Å²) < 4.78 is 25.9. The summed E-state index contributed by atoms with van der Waals surface area (Å²) in [6.45, 7) is 0. The van der Waals surface area contributed by atoms with Crippen LogP contribution in [0.25, 0.3) is 5.65 Å². The Bertz CT molecular complexity index is 690. The first kappa shape index (κ1) is 11.5. The van der Waals surface area contributed by atoms with Gasteiger partial charge in [0.15, 0.2) is 9.84 Å². The van der Waals surface area contributed by atoms with Crippen molar-refractivity contribution in [3.63, 3.8) is 0 Å². The lowest BCUT2D eigenvalue weighted by Crippen LogP contribution is -2.21. The zero-order chi connectivity index (χ0) is 12.8. The highest BCUT2D eigenvalue weighted by Crippen LogP contribution is 2.33. The molecule has 0 bridgehead atoms. The molecule has 2 aromatic rings. The molecule has 3 rings (SSSR count). The molecule has 0 aromatic carbocycles. The number of nitrogen functional groups attached to an aromatic ring is 1. The van der Waals surface area contributed by atoms with Crippen LogP contribution >= 0.6 is 0 Å². The lowest BCUT2D eigenvalue weighted by atomic mass is 10.1. The molecular weight excluding hydrogens is 250 g/mol. The average Bonchev–Trinajstić information content (AvgIpc) is 2.73. The zero-order valence-corrected chi connectivity index (χ0v) is 10.7. The maximum absolute atomic E-state index is 12.1. The van der Waals surface area contributed by atoms with Gasteiger partial charge in [0, 0.05) is 6.20 Å². The Balaban J connectivity index is 2.12. The third kappa shape index (κ3) is 1.77. The Labute approximate surface area is 106 Å². The molecule has 1 aliphatic rings. The number of pyridine rings is 1. The van der Waals surface area contributed by atoms with Crippen molar-refractivity contribution in [2.24, 2.45) is 0 Å². The molecule has 0 amide bonds.